The van der Waals surface area contributed by atoms with Gasteiger partial charge in [0.15, 0.2) is 5.96 Å². The number of aliphatic imine (C=N–C) groups is 1. The Morgan fingerprint density at radius 2 is 1.93 bits per heavy atom. The molecule has 1 aromatic rings. The predicted molar refractivity (Wildman–Crippen MR) is 116 cm³/mol. The van der Waals surface area contributed by atoms with Crippen molar-refractivity contribution in [3.05, 3.63) is 29.3 Å². The third-order valence-corrected chi connectivity index (χ3v) is 6.68. The van der Waals surface area contributed by atoms with Gasteiger partial charge in [-0.15, -0.1) is 0 Å². The monoisotopic (exact) mass is 426 g/mol. The van der Waals surface area contributed by atoms with Crippen LogP contribution in [0.5, 0.6) is 5.75 Å². The maximum Gasteiger partial charge on any atom is 0.216 e. The van der Waals surface area contributed by atoms with Crippen LogP contribution < -0.4 is 10.1 Å². The van der Waals surface area contributed by atoms with E-state index in [0.717, 1.165) is 22.8 Å². The van der Waals surface area contributed by atoms with Crippen LogP contribution in [0.15, 0.2) is 23.2 Å². The van der Waals surface area contributed by atoms with Crippen LogP contribution in [0.3, 0.4) is 0 Å². The summed E-state index contributed by atoms with van der Waals surface area (Å²) in [6, 6.07) is 6.07. The van der Waals surface area contributed by atoms with Crippen LogP contribution in [0, 0.1) is 6.92 Å². The molecule has 0 unspecified atom stereocenters. The number of methoxy groups -OCH3 is 1. The molecule has 8 nitrogen and oxygen atoms in total. The Morgan fingerprint density at radius 1 is 1.24 bits per heavy atom. The van der Waals surface area contributed by atoms with E-state index in [2.05, 4.69) is 21.3 Å². The molecule has 0 aliphatic carbocycles. The number of ether oxygens (including phenoxy) is 2. The lowest BCUT2D eigenvalue weighted by atomic mass is 10.1. The number of benzene rings is 1. The molecular weight excluding hydrogens is 392 g/mol. The lowest BCUT2D eigenvalue weighted by molar-refractivity contribution is 0.0904. The summed E-state index contributed by atoms with van der Waals surface area (Å²) in [6.07, 6.45) is 0.0333. The first-order valence-corrected chi connectivity index (χ1v) is 11.6. The van der Waals surface area contributed by atoms with Crippen molar-refractivity contribution in [2.75, 3.05) is 52.7 Å². The average molecular weight is 427 g/mol. The number of sulfonamides is 1. The van der Waals surface area contributed by atoms with Gasteiger partial charge >= 0.3 is 0 Å². The van der Waals surface area contributed by atoms with Gasteiger partial charge in [-0.1, -0.05) is 12.1 Å². The third-order valence-electron chi connectivity index (χ3n) is 4.85. The lowest BCUT2D eigenvalue weighted by Gasteiger charge is -2.35. The van der Waals surface area contributed by atoms with E-state index in [1.807, 2.05) is 32.9 Å². The zero-order valence-electron chi connectivity index (χ0n) is 18.1. The second-order valence-corrected chi connectivity index (χ2v) is 9.41. The van der Waals surface area contributed by atoms with Gasteiger partial charge in [-0.3, -0.25) is 4.99 Å². The highest BCUT2D eigenvalue weighted by molar-refractivity contribution is 7.89. The molecule has 0 radical (unpaired) electrons. The van der Waals surface area contributed by atoms with Crippen molar-refractivity contribution in [3.63, 3.8) is 0 Å². The number of nitrogens with zero attached hydrogens (tertiary/aromatic N) is 3. The van der Waals surface area contributed by atoms with Gasteiger partial charge in [0.2, 0.25) is 10.0 Å². The highest BCUT2D eigenvalue weighted by atomic mass is 32.2. The summed E-state index contributed by atoms with van der Waals surface area (Å²) in [5.41, 5.74) is 2.22. The van der Waals surface area contributed by atoms with Gasteiger partial charge in [-0.25, -0.2) is 8.42 Å². The number of hydrogen-bond donors (Lipinski definition) is 1. The van der Waals surface area contributed by atoms with Gasteiger partial charge in [0.25, 0.3) is 0 Å². The van der Waals surface area contributed by atoms with E-state index < -0.39 is 10.0 Å². The van der Waals surface area contributed by atoms with Gasteiger partial charge in [0.1, 0.15) is 5.75 Å². The van der Waals surface area contributed by atoms with Crippen LogP contribution >= 0.6 is 0 Å². The van der Waals surface area contributed by atoms with Crippen molar-refractivity contribution < 1.29 is 17.9 Å². The van der Waals surface area contributed by atoms with Gasteiger partial charge in [-0.2, -0.15) is 4.31 Å². The first-order chi connectivity index (χ1) is 13.8. The SMILES string of the molecule is CN=C(NCc1ccc(OC)c(C)c1)N1CCN(S(=O)(=O)CCOC(C)C)CC1. The molecule has 1 saturated heterocycles. The van der Waals surface area contributed by atoms with Crippen molar-refractivity contribution in [3.8, 4) is 5.75 Å². The molecular formula is C20H34N4O4S. The Hall–Kier alpha value is -1.84. The summed E-state index contributed by atoms with van der Waals surface area (Å²) < 4.78 is 37.2. The van der Waals surface area contributed by atoms with Gasteiger partial charge in [0, 0.05) is 39.8 Å². The summed E-state index contributed by atoms with van der Waals surface area (Å²) >= 11 is 0. The molecule has 2 rings (SSSR count). The van der Waals surface area contributed by atoms with E-state index in [4.69, 9.17) is 9.47 Å². The Kier molecular flexibility index (Phi) is 8.73. The summed E-state index contributed by atoms with van der Waals surface area (Å²) in [4.78, 5) is 6.45. The fraction of sp³-hybridized carbons (Fsp3) is 0.650. The highest BCUT2D eigenvalue weighted by Gasteiger charge is 2.28. The fourth-order valence-corrected chi connectivity index (χ4v) is 4.54. The molecule has 1 aliphatic heterocycles. The van der Waals surface area contributed by atoms with Crippen molar-refractivity contribution in [1.29, 1.82) is 0 Å². The minimum absolute atomic E-state index is 0.0228. The van der Waals surface area contributed by atoms with E-state index in [1.54, 1.807) is 18.5 Å². The van der Waals surface area contributed by atoms with Gasteiger partial charge in [-0.05, 0) is 38.0 Å². The smallest absolute Gasteiger partial charge is 0.216 e. The van der Waals surface area contributed by atoms with E-state index in [1.165, 1.54) is 0 Å². The van der Waals surface area contributed by atoms with Crippen molar-refractivity contribution in [1.82, 2.24) is 14.5 Å². The van der Waals surface area contributed by atoms with Crippen LogP contribution in [0.1, 0.15) is 25.0 Å². The minimum Gasteiger partial charge on any atom is -0.496 e. The maximum absolute atomic E-state index is 12.5. The Labute approximate surface area is 174 Å². The zero-order chi connectivity index (χ0) is 21.4. The van der Waals surface area contributed by atoms with Crippen molar-refractivity contribution >= 4 is 16.0 Å². The molecule has 1 heterocycles. The number of nitrogens with one attached hydrogen (secondary N) is 1. The molecule has 1 aromatic carbocycles. The van der Waals surface area contributed by atoms with Gasteiger partial charge < -0.3 is 19.7 Å². The second kappa shape index (κ2) is 10.8. The van der Waals surface area contributed by atoms with Crippen molar-refractivity contribution in [2.45, 2.75) is 33.4 Å². The van der Waals surface area contributed by atoms with Crippen LogP contribution in [0.4, 0.5) is 0 Å². The summed E-state index contributed by atoms with van der Waals surface area (Å²) in [6.45, 7) is 8.79. The highest BCUT2D eigenvalue weighted by Crippen LogP contribution is 2.18. The Bertz CT molecular complexity index is 788. The van der Waals surface area contributed by atoms with Crippen LogP contribution in [-0.2, 0) is 21.3 Å². The van der Waals surface area contributed by atoms with E-state index >= 15 is 0 Å². The fourth-order valence-electron chi connectivity index (χ4n) is 3.26. The molecule has 0 bridgehead atoms. The first kappa shape index (κ1) is 23.4. The van der Waals surface area contributed by atoms with E-state index in [-0.39, 0.29) is 18.5 Å². The third kappa shape index (κ3) is 6.87. The number of hydrogen-bond acceptors (Lipinski definition) is 5. The molecule has 1 fully saturated rings. The maximum atomic E-state index is 12.5. The molecule has 0 aromatic heterocycles. The van der Waals surface area contributed by atoms with Crippen molar-refractivity contribution in [2.24, 2.45) is 4.99 Å². The minimum atomic E-state index is -3.29. The van der Waals surface area contributed by atoms with Crippen LogP contribution in [0.2, 0.25) is 0 Å². The normalized spacial score (nSPS) is 16.3. The number of piperazine rings is 1. The predicted octanol–water partition coefficient (Wildman–Crippen LogP) is 1.45. The topological polar surface area (TPSA) is 83.5 Å². The molecule has 1 N–H and O–H groups in total. The number of rotatable bonds is 8. The summed E-state index contributed by atoms with van der Waals surface area (Å²) in [5, 5.41) is 3.37. The number of aryl methyl sites for hydroxylation is 1. The van der Waals surface area contributed by atoms with E-state index in [9.17, 15) is 8.42 Å². The van der Waals surface area contributed by atoms with Crippen LogP contribution in [-0.4, -0.2) is 82.4 Å². The number of guanidine groups is 1. The zero-order valence-corrected chi connectivity index (χ0v) is 19.0. The molecule has 0 atom stereocenters. The molecule has 0 saturated carbocycles. The first-order valence-electron chi connectivity index (χ1n) is 9.95. The summed E-state index contributed by atoms with van der Waals surface area (Å²) in [7, 11) is 0.118. The quantitative estimate of drug-likeness (QED) is 0.500. The molecule has 1 aliphatic rings. The molecule has 0 spiro atoms. The van der Waals surface area contributed by atoms with E-state index in [0.29, 0.717) is 32.7 Å². The molecule has 29 heavy (non-hydrogen) atoms. The second-order valence-electron chi connectivity index (χ2n) is 7.33. The Morgan fingerprint density at radius 3 is 2.48 bits per heavy atom. The van der Waals surface area contributed by atoms with Gasteiger partial charge in [0.05, 0.1) is 25.6 Å². The molecule has 164 valence electrons. The lowest BCUT2D eigenvalue weighted by Crippen LogP contribution is -2.54. The molecule has 0 amide bonds. The summed E-state index contributed by atoms with van der Waals surface area (Å²) in [5.74, 6) is 1.67. The molecule has 9 heteroatoms. The average Bonchev–Trinajstić information content (AvgIpc) is 2.68. The largest absolute Gasteiger partial charge is 0.496 e. The van der Waals surface area contributed by atoms with Crippen LogP contribution in [0.25, 0.3) is 0 Å². The Balaban J connectivity index is 1.86. The standard InChI is InChI=1S/C20H34N4O4S/c1-16(2)28-12-13-29(25,26)24-10-8-23(9-11-24)20(21-4)22-15-18-6-7-19(27-5)17(3)14-18/h6-7,14,16H,8-13,15H2,1-5H3,(H,21,22).